The van der Waals surface area contributed by atoms with Gasteiger partial charge in [0.05, 0.1) is 18.4 Å². The summed E-state index contributed by atoms with van der Waals surface area (Å²) in [5.74, 6) is 0. The number of aromatic nitrogens is 2. The molecule has 0 bridgehead atoms. The molecule has 0 N–H and O–H groups in total. The van der Waals surface area contributed by atoms with Gasteiger partial charge in [-0.2, -0.15) is 0 Å². The van der Waals surface area contributed by atoms with Gasteiger partial charge < -0.3 is 4.42 Å². The van der Waals surface area contributed by atoms with Crippen molar-refractivity contribution in [1.29, 1.82) is 0 Å². The minimum atomic E-state index is -0.469. The molecule has 0 radical (unpaired) electrons. The number of hydrogen-bond donors (Lipinski definition) is 0. The van der Waals surface area contributed by atoms with Crippen molar-refractivity contribution in [3.63, 3.8) is 0 Å². The highest BCUT2D eigenvalue weighted by Crippen LogP contribution is 2.31. The van der Waals surface area contributed by atoms with Gasteiger partial charge in [-0.1, -0.05) is 41.9 Å². The van der Waals surface area contributed by atoms with Crippen LogP contribution in [0.3, 0.4) is 0 Å². The summed E-state index contributed by atoms with van der Waals surface area (Å²) >= 11 is 7.69. The van der Waals surface area contributed by atoms with Gasteiger partial charge in [-0.25, -0.2) is 9.78 Å². The Hall–Kier alpha value is -3.22. The van der Waals surface area contributed by atoms with E-state index < -0.39 is 5.63 Å². The Morgan fingerprint density at radius 1 is 1.10 bits per heavy atom. The second-order valence-electron chi connectivity index (χ2n) is 7.06. The molecule has 0 atom stereocenters. The van der Waals surface area contributed by atoms with Gasteiger partial charge in [0.1, 0.15) is 10.3 Å². The van der Waals surface area contributed by atoms with Crippen LogP contribution >= 0.6 is 22.9 Å². The van der Waals surface area contributed by atoms with E-state index in [1.165, 1.54) is 28.3 Å². The van der Waals surface area contributed by atoms with E-state index >= 15 is 0 Å². The average molecular weight is 435 g/mol. The topological polar surface area (TPSA) is 65.1 Å². The number of hydrogen-bond acceptors (Lipinski definition) is 5. The van der Waals surface area contributed by atoms with E-state index in [9.17, 15) is 9.59 Å². The number of benzene rings is 2. The Labute approximate surface area is 179 Å². The van der Waals surface area contributed by atoms with Crippen LogP contribution in [0.15, 0.2) is 74.9 Å². The van der Waals surface area contributed by atoms with Gasteiger partial charge in [-0.15, -0.1) is 11.3 Å². The zero-order valence-corrected chi connectivity index (χ0v) is 17.5. The van der Waals surface area contributed by atoms with Gasteiger partial charge in [-0.3, -0.25) is 9.36 Å². The molecule has 148 valence electrons. The summed E-state index contributed by atoms with van der Waals surface area (Å²) in [7, 11) is 0. The van der Waals surface area contributed by atoms with E-state index in [0.717, 1.165) is 16.0 Å². The third kappa shape index (κ3) is 3.24. The van der Waals surface area contributed by atoms with Crippen LogP contribution in [0.5, 0.6) is 0 Å². The molecule has 0 spiro atoms. The summed E-state index contributed by atoms with van der Waals surface area (Å²) in [6.07, 6.45) is 1.52. The lowest BCUT2D eigenvalue weighted by molar-refractivity contribution is 0.557. The monoisotopic (exact) mass is 434 g/mol. The van der Waals surface area contributed by atoms with Gasteiger partial charge in [0.25, 0.3) is 5.56 Å². The lowest BCUT2D eigenvalue weighted by Gasteiger charge is -2.09. The number of nitrogens with zero attached hydrogens (tertiary/aromatic N) is 2. The quantitative estimate of drug-likeness (QED) is 0.364. The second-order valence-corrected chi connectivity index (χ2v) is 8.52. The molecule has 0 saturated heterocycles. The number of halogens is 1. The number of thiophene rings is 1. The molecule has 0 aliphatic carbocycles. The molecule has 3 aromatic heterocycles. The van der Waals surface area contributed by atoms with Crippen LogP contribution in [-0.2, 0) is 6.54 Å². The fourth-order valence-electron chi connectivity index (χ4n) is 3.47. The van der Waals surface area contributed by atoms with Crippen LogP contribution in [-0.4, -0.2) is 9.55 Å². The molecule has 0 unspecified atom stereocenters. The van der Waals surface area contributed by atoms with Crippen molar-refractivity contribution in [3.05, 3.63) is 97.8 Å². The predicted octanol–water partition coefficient (Wildman–Crippen LogP) is 5.24. The molecule has 0 fully saturated rings. The van der Waals surface area contributed by atoms with Crippen LogP contribution in [0.1, 0.15) is 11.1 Å². The maximum absolute atomic E-state index is 13.1. The summed E-state index contributed by atoms with van der Waals surface area (Å²) in [4.78, 5) is 30.6. The van der Waals surface area contributed by atoms with Crippen molar-refractivity contribution >= 4 is 44.1 Å². The number of rotatable bonds is 3. The highest BCUT2D eigenvalue weighted by molar-refractivity contribution is 7.22. The van der Waals surface area contributed by atoms with E-state index in [2.05, 4.69) is 4.98 Å². The number of aryl methyl sites for hydroxylation is 1. The van der Waals surface area contributed by atoms with Crippen LogP contribution < -0.4 is 11.2 Å². The van der Waals surface area contributed by atoms with Gasteiger partial charge in [0, 0.05) is 21.4 Å². The minimum Gasteiger partial charge on any atom is -0.423 e. The first kappa shape index (κ1) is 18.8. The fourth-order valence-corrected chi connectivity index (χ4v) is 4.69. The molecule has 3 heterocycles. The normalized spacial score (nSPS) is 11.4. The molecule has 2 aromatic carbocycles. The molecule has 0 aliphatic rings. The summed E-state index contributed by atoms with van der Waals surface area (Å²) in [6, 6.07) is 16.7. The average Bonchev–Trinajstić information content (AvgIpc) is 3.17. The fraction of sp³-hybridized carbons (Fsp3) is 0.0870. The molecular formula is C23H15ClN2O3S. The Bertz CT molecular complexity index is 1530. The Morgan fingerprint density at radius 3 is 2.70 bits per heavy atom. The van der Waals surface area contributed by atoms with E-state index in [0.29, 0.717) is 31.8 Å². The molecule has 30 heavy (non-hydrogen) atoms. The zero-order valence-electron chi connectivity index (χ0n) is 15.9. The van der Waals surface area contributed by atoms with Crippen molar-refractivity contribution in [2.24, 2.45) is 0 Å². The molecule has 0 saturated carbocycles. The lowest BCUT2D eigenvalue weighted by Crippen LogP contribution is -2.21. The van der Waals surface area contributed by atoms with Crippen LogP contribution in [0.4, 0.5) is 0 Å². The maximum Gasteiger partial charge on any atom is 0.336 e. The standard InChI is InChI=1S/C23H15ClN2O3S/c1-13-7-19-16(9-17(13)24)15(8-21(27)29-19)11-26-12-25-18-10-20(30-22(18)23(26)28)14-5-3-2-4-6-14/h2-10,12H,11H2,1H3. The van der Waals surface area contributed by atoms with E-state index in [1.54, 1.807) is 12.1 Å². The van der Waals surface area contributed by atoms with Crippen molar-refractivity contribution in [2.45, 2.75) is 13.5 Å². The first-order valence-electron chi connectivity index (χ1n) is 9.27. The zero-order chi connectivity index (χ0) is 20.8. The molecule has 7 heteroatoms. The van der Waals surface area contributed by atoms with Crippen molar-refractivity contribution in [3.8, 4) is 10.4 Å². The maximum atomic E-state index is 13.1. The first-order chi connectivity index (χ1) is 14.5. The summed E-state index contributed by atoms with van der Waals surface area (Å²) in [5.41, 5.74) is 3.02. The minimum absolute atomic E-state index is 0.146. The SMILES string of the molecule is Cc1cc2oc(=O)cc(Cn3cnc4cc(-c5ccccc5)sc4c3=O)c2cc1Cl. The molecule has 5 aromatic rings. The lowest BCUT2D eigenvalue weighted by atomic mass is 10.1. The van der Waals surface area contributed by atoms with E-state index in [1.807, 2.05) is 43.3 Å². The summed E-state index contributed by atoms with van der Waals surface area (Å²) in [6.45, 7) is 2.04. The highest BCUT2D eigenvalue weighted by atomic mass is 35.5. The summed E-state index contributed by atoms with van der Waals surface area (Å²) < 4.78 is 7.40. The van der Waals surface area contributed by atoms with Gasteiger partial charge in [0.2, 0.25) is 0 Å². The largest absolute Gasteiger partial charge is 0.423 e. The van der Waals surface area contributed by atoms with E-state index in [-0.39, 0.29) is 12.1 Å². The molecule has 5 nitrogen and oxygen atoms in total. The second kappa shape index (κ2) is 7.23. The van der Waals surface area contributed by atoms with E-state index in [4.69, 9.17) is 16.0 Å². The Balaban J connectivity index is 1.63. The van der Waals surface area contributed by atoms with Crippen molar-refractivity contribution in [2.75, 3.05) is 0 Å². The predicted molar refractivity (Wildman–Crippen MR) is 121 cm³/mol. The third-order valence-electron chi connectivity index (χ3n) is 5.01. The van der Waals surface area contributed by atoms with Crippen LogP contribution in [0.2, 0.25) is 5.02 Å². The van der Waals surface area contributed by atoms with Gasteiger partial charge >= 0.3 is 5.63 Å². The molecule has 5 rings (SSSR count). The van der Waals surface area contributed by atoms with Crippen LogP contribution in [0, 0.1) is 6.92 Å². The van der Waals surface area contributed by atoms with Crippen molar-refractivity contribution < 1.29 is 4.42 Å². The highest BCUT2D eigenvalue weighted by Gasteiger charge is 2.13. The number of fused-ring (bicyclic) bond motifs is 2. The third-order valence-corrected chi connectivity index (χ3v) is 6.58. The van der Waals surface area contributed by atoms with Crippen LogP contribution in [0.25, 0.3) is 31.6 Å². The molecular weight excluding hydrogens is 420 g/mol. The van der Waals surface area contributed by atoms with Gasteiger partial charge in [-0.05, 0) is 41.8 Å². The summed E-state index contributed by atoms with van der Waals surface area (Å²) in [5, 5.41) is 1.28. The Morgan fingerprint density at radius 2 is 1.90 bits per heavy atom. The molecule has 0 amide bonds. The van der Waals surface area contributed by atoms with Crippen molar-refractivity contribution in [1.82, 2.24) is 9.55 Å². The Kier molecular flexibility index (Phi) is 4.53. The smallest absolute Gasteiger partial charge is 0.336 e. The first-order valence-corrected chi connectivity index (χ1v) is 10.5. The van der Waals surface area contributed by atoms with Gasteiger partial charge in [0.15, 0.2) is 0 Å². The molecule has 0 aliphatic heterocycles.